The second kappa shape index (κ2) is 8.23. The fourth-order valence-corrected chi connectivity index (χ4v) is 3.76. The van der Waals surface area contributed by atoms with E-state index in [4.69, 9.17) is 32.7 Å². The largest absolute Gasteiger partial charge is 0.488 e. The van der Waals surface area contributed by atoms with E-state index in [9.17, 15) is 4.79 Å². The van der Waals surface area contributed by atoms with Crippen LogP contribution in [0.3, 0.4) is 0 Å². The normalized spacial score (nSPS) is 14.1. The number of benzene rings is 3. The molecule has 0 aromatic heterocycles. The van der Waals surface area contributed by atoms with Gasteiger partial charge >= 0.3 is 0 Å². The highest BCUT2D eigenvalue weighted by Crippen LogP contribution is 2.39. The molecular formula is C23H15BrCl2O3. The maximum atomic E-state index is 12.7. The maximum absolute atomic E-state index is 12.7. The van der Waals surface area contributed by atoms with Crippen molar-refractivity contribution in [2.24, 2.45) is 0 Å². The van der Waals surface area contributed by atoms with Gasteiger partial charge in [-0.3, -0.25) is 4.79 Å². The molecule has 0 saturated carbocycles. The van der Waals surface area contributed by atoms with E-state index < -0.39 is 0 Å². The maximum Gasteiger partial charge on any atom is 0.231 e. The molecule has 0 N–H and O–H groups in total. The van der Waals surface area contributed by atoms with Gasteiger partial charge in [0.15, 0.2) is 5.76 Å². The number of halogens is 3. The zero-order chi connectivity index (χ0) is 20.5. The lowest BCUT2D eigenvalue weighted by Crippen LogP contribution is -1.99. The molecule has 0 unspecified atom stereocenters. The summed E-state index contributed by atoms with van der Waals surface area (Å²) in [5.41, 5.74) is 3.00. The Hall–Kier alpha value is -2.27. The number of Topliss-reactive ketones (excluding diaryl/α,β-unsaturated/α-hetero) is 1. The Balaban J connectivity index is 1.57. The molecule has 0 aliphatic carbocycles. The number of ether oxygens (including phenoxy) is 2. The lowest BCUT2D eigenvalue weighted by molar-refractivity contribution is 0.101. The van der Waals surface area contributed by atoms with Crippen LogP contribution in [0.25, 0.3) is 6.08 Å². The molecule has 6 heteroatoms. The Kier molecular flexibility index (Phi) is 5.68. The van der Waals surface area contributed by atoms with Crippen LogP contribution in [-0.4, -0.2) is 5.78 Å². The van der Waals surface area contributed by atoms with Crippen LogP contribution in [0.2, 0.25) is 10.0 Å². The van der Waals surface area contributed by atoms with Gasteiger partial charge in [-0.05, 0) is 55.0 Å². The molecular weight excluding hydrogens is 475 g/mol. The van der Waals surface area contributed by atoms with Crippen molar-refractivity contribution in [3.8, 4) is 11.5 Å². The van der Waals surface area contributed by atoms with Crippen LogP contribution in [0.15, 0.2) is 64.8 Å². The van der Waals surface area contributed by atoms with Gasteiger partial charge in [0.25, 0.3) is 0 Å². The van der Waals surface area contributed by atoms with Gasteiger partial charge in [-0.15, -0.1) is 0 Å². The van der Waals surface area contributed by atoms with Gasteiger partial charge in [0.1, 0.15) is 18.1 Å². The fraction of sp³-hybridized carbons (Fsp3) is 0.0870. The van der Waals surface area contributed by atoms with Crippen molar-refractivity contribution < 1.29 is 14.3 Å². The Morgan fingerprint density at radius 2 is 1.83 bits per heavy atom. The number of hydrogen-bond acceptors (Lipinski definition) is 3. The molecule has 3 aromatic rings. The van der Waals surface area contributed by atoms with Crippen LogP contribution in [0, 0.1) is 6.92 Å². The number of carbonyl (C=O) groups excluding carboxylic acids is 1. The van der Waals surface area contributed by atoms with Crippen molar-refractivity contribution >= 4 is 51.0 Å². The molecule has 0 spiro atoms. The van der Waals surface area contributed by atoms with Crippen LogP contribution >= 0.6 is 39.1 Å². The predicted octanol–water partition coefficient (Wildman–Crippen LogP) is 7.26. The summed E-state index contributed by atoms with van der Waals surface area (Å²) in [6.45, 7) is 2.15. The third kappa shape index (κ3) is 4.20. The van der Waals surface area contributed by atoms with Crippen molar-refractivity contribution in [1.29, 1.82) is 0 Å². The molecule has 0 radical (unpaired) electrons. The summed E-state index contributed by atoms with van der Waals surface area (Å²) in [5, 5.41) is 1.12. The molecule has 0 saturated heterocycles. The summed E-state index contributed by atoms with van der Waals surface area (Å²) >= 11 is 15.5. The average Bonchev–Trinajstić information content (AvgIpc) is 3.01. The number of hydrogen-bond donors (Lipinski definition) is 0. The van der Waals surface area contributed by atoms with E-state index in [1.54, 1.807) is 30.3 Å². The lowest BCUT2D eigenvalue weighted by atomic mass is 10.1. The molecule has 3 nitrogen and oxygen atoms in total. The average molecular weight is 490 g/mol. The van der Waals surface area contributed by atoms with Crippen molar-refractivity contribution in [2.75, 3.05) is 0 Å². The minimum Gasteiger partial charge on any atom is -0.488 e. The molecule has 1 aliphatic rings. The molecule has 29 heavy (non-hydrogen) atoms. The molecule has 0 bridgehead atoms. The van der Waals surface area contributed by atoms with Gasteiger partial charge in [0.05, 0.1) is 5.56 Å². The SMILES string of the molecule is Cc1c(OCc2ccc(Cl)cc2Cl)ccc2c1O/C(=C\c1ccc(Br)cc1)C2=O. The third-order valence-electron chi connectivity index (χ3n) is 4.60. The summed E-state index contributed by atoms with van der Waals surface area (Å²) in [4.78, 5) is 12.7. The smallest absolute Gasteiger partial charge is 0.231 e. The number of allylic oxidation sites excluding steroid dienone is 1. The van der Waals surface area contributed by atoms with E-state index in [0.29, 0.717) is 32.9 Å². The van der Waals surface area contributed by atoms with E-state index >= 15 is 0 Å². The molecule has 0 fully saturated rings. The van der Waals surface area contributed by atoms with Gasteiger partial charge in [0.2, 0.25) is 5.78 Å². The van der Waals surface area contributed by atoms with Crippen molar-refractivity contribution in [2.45, 2.75) is 13.5 Å². The Bertz CT molecular complexity index is 1140. The fourth-order valence-electron chi connectivity index (χ4n) is 3.03. The Labute approximate surface area is 187 Å². The number of ketones is 1. The highest BCUT2D eigenvalue weighted by Gasteiger charge is 2.30. The number of fused-ring (bicyclic) bond motifs is 1. The lowest BCUT2D eigenvalue weighted by Gasteiger charge is -2.12. The van der Waals surface area contributed by atoms with E-state index in [-0.39, 0.29) is 12.4 Å². The molecule has 4 rings (SSSR count). The van der Waals surface area contributed by atoms with Crippen LogP contribution in [0.1, 0.15) is 27.0 Å². The van der Waals surface area contributed by atoms with Gasteiger partial charge in [-0.1, -0.05) is 57.3 Å². The predicted molar refractivity (Wildman–Crippen MR) is 119 cm³/mol. The van der Waals surface area contributed by atoms with E-state index in [0.717, 1.165) is 21.2 Å². The van der Waals surface area contributed by atoms with Crippen LogP contribution in [0.5, 0.6) is 11.5 Å². The van der Waals surface area contributed by atoms with Crippen LogP contribution in [0.4, 0.5) is 0 Å². The molecule has 146 valence electrons. The second-order valence-corrected chi connectivity index (χ2v) is 8.34. The molecule has 1 heterocycles. The quantitative estimate of drug-likeness (QED) is 0.362. The first-order chi connectivity index (χ1) is 13.9. The Morgan fingerprint density at radius 1 is 1.07 bits per heavy atom. The molecule has 0 amide bonds. The second-order valence-electron chi connectivity index (χ2n) is 6.58. The molecule has 0 atom stereocenters. The monoisotopic (exact) mass is 488 g/mol. The van der Waals surface area contributed by atoms with Crippen molar-refractivity contribution in [3.63, 3.8) is 0 Å². The standard InChI is InChI=1S/C23H15BrCl2O3/c1-13-20(28-12-15-4-7-17(25)11-19(15)26)9-8-18-22(27)21(29-23(13)18)10-14-2-5-16(24)6-3-14/h2-11H,12H2,1H3/b21-10-. The minimum absolute atomic E-state index is 0.140. The van der Waals surface area contributed by atoms with Gasteiger partial charge in [-0.2, -0.15) is 0 Å². The first kappa shape index (κ1) is 20.0. The summed E-state index contributed by atoms with van der Waals surface area (Å²) in [6.07, 6.45) is 1.74. The summed E-state index contributed by atoms with van der Waals surface area (Å²) < 4.78 is 12.8. The first-order valence-corrected chi connectivity index (χ1v) is 10.4. The summed E-state index contributed by atoms with van der Waals surface area (Å²) in [5.74, 6) is 1.31. The summed E-state index contributed by atoms with van der Waals surface area (Å²) in [7, 11) is 0. The van der Waals surface area contributed by atoms with Gasteiger partial charge in [0, 0.05) is 25.6 Å². The molecule has 1 aliphatic heterocycles. The zero-order valence-corrected chi connectivity index (χ0v) is 18.4. The van der Waals surface area contributed by atoms with Gasteiger partial charge < -0.3 is 9.47 Å². The third-order valence-corrected chi connectivity index (χ3v) is 5.72. The number of carbonyl (C=O) groups is 1. The highest BCUT2D eigenvalue weighted by atomic mass is 79.9. The highest BCUT2D eigenvalue weighted by molar-refractivity contribution is 9.10. The van der Waals surface area contributed by atoms with E-state index in [2.05, 4.69) is 15.9 Å². The van der Waals surface area contributed by atoms with Crippen LogP contribution < -0.4 is 9.47 Å². The van der Waals surface area contributed by atoms with Crippen molar-refractivity contribution in [1.82, 2.24) is 0 Å². The molecule has 3 aromatic carbocycles. The first-order valence-electron chi connectivity index (χ1n) is 8.82. The van der Waals surface area contributed by atoms with Gasteiger partial charge in [-0.25, -0.2) is 0 Å². The van der Waals surface area contributed by atoms with E-state index in [1.165, 1.54) is 0 Å². The number of rotatable bonds is 4. The topological polar surface area (TPSA) is 35.5 Å². The van der Waals surface area contributed by atoms with Crippen molar-refractivity contribution in [3.05, 3.63) is 97.1 Å². The summed E-state index contributed by atoms with van der Waals surface area (Å²) in [6, 6.07) is 16.4. The van der Waals surface area contributed by atoms with E-state index in [1.807, 2.05) is 37.3 Å². The minimum atomic E-state index is -0.140. The zero-order valence-electron chi connectivity index (χ0n) is 15.3. The van der Waals surface area contributed by atoms with Crippen LogP contribution in [-0.2, 0) is 6.61 Å². The Morgan fingerprint density at radius 3 is 2.55 bits per heavy atom.